The first-order chi connectivity index (χ1) is 15.9. The number of fused-ring (bicyclic) bond motifs is 2. The monoisotopic (exact) mass is 451 g/mol. The molecule has 0 saturated heterocycles. The highest BCUT2D eigenvalue weighted by Gasteiger charge is 2.39. The maximum Gasteiger partial charge on any atom is 0.414 e. The third-order valence-corrected chi connectivity index (χ3v) is 5.80. The van der Waals surface area contributed by atoms with Gasteiger partial charge in [-0.05, 0) is 36.6 Å². The smallest absolute Gasteiger partial charge is 0.414 e. The first-order valence-corrected chi connectivity index (χ1v) is 11.1. The molecule has 1 unspecified atom stereocenters. The van der Waals surface area contributed by atoms with Gasteiger partial charge in [-0.25, -0.2) is 9.59 Å². The number of carboxylic acid groups (broad SMARTS) is 2. The molecule has 0 aliphatic carbocycles. The van der Waals surface area contributed by atoms with Crippen LogP contribution in [-0.4, -0.2) is 57.8 Å². The molecule has 0 aromatic heterocycles. The molecule has 0 spiro atoms. The van der Waals surface area contributed by atoms with Crippen LogP contribution in [-0.2, 0) is 22.6 Å². The van der Waals surface area contributed by atoms with E-state index in [-0.39, 0.29) is 0 Å². The molecule has 2 heterocycles. The minimum Gasteiger partial charge on any atom is -0.473 e. The predicted molar refractivity (Wildman–Crippen MR) is 125 cm³/mol. The summed E-state index contributed by atoms with van der Waals surface area (Å²) in [4.78, 5) is 20.8. The second-order valence-corrected chi connectivity index (χ2v) is 8.26. The van der Waals surface area contributed by atoms with Gasteiger partial charge in [-0.3, -0.25) is 9.38 Å². The standard InChI is InChI=1S/C24H29N2O.C2H2O4/c1-2-15-25(16-14-21-9-4-3-5-10-21)20-26-17-8-12-23(26)19-27-24-13-7-6-11-22(24)18-26;3-1(4)2(5)6/h3-13,19H,2,14-18,20H2,1H3;(H,3,4)(H,5,6)/q+1;. The topological polar surface area (TPSA) is 87.1 Å². The van der Waals surface area contributed by atoms with Crippen molar-refractivity contribution in [3.8, 4) is 5.75 Å². The Kier molecular flexibility index (Phi) is 8.40. The average molecular weight is 452 g/mol. The van der Waals surface area contributed by atoms with Crippen molar-refractivity contribution in [2.45, 2.75) is 26.3 Å². The van der Waals surface area contributed by atoms with E-state index in [0.29, 0.717) is 0 Å². The lowest BCUT2D eigenvalue weighted by molar-refractivity contribution is -0.903. The van der Waals surface area contributed by atoms with Crippen molar-refractivity contribution >= 4 is 11.9 Å². The second kappa shape index (κ2) is 11.4. The van der Waals surface area contributed by atoms with Crippen molar-refractivity contribution < 1.29 is 29.0 Å². The highest BCUT2D eigenvalue weighted by atomic mass is 16.5. The van der Waals surface area contributed by atoms with Crippen LogP contribution in [0.25, 0.3) is 0 Å². The molecule has 2 N–H and O–H groups in total. The number of hydrogen-bond acceptors (Lipinski definition) is 4. The van der Waals surface area contributed by atoms with E-state index in [1.807, 2.05) is 6.26 Å². The average Bonchev–Trinajstić information content (AvgIpc) is 3.12. The van der Waals surface area contributed by atoms with Crippen LogP contribution >= 0.6 is 0 Å². The fourth-order valence-electron chi connectivity index (χ4n) is 4.22. The number of aliphatic carboxylic acids is 2. The summed E-state index contributed by atoms with van der Waals surface area (Å²) in [5.41, 5.74) is 4.00. The maximum absolute atomic E-state index is 9.10. The van der Waals surface area contributed by atoms with Crippen LogP contribution in [0, 0.1) is 0 Å². The largest absolute Gasteiger partial charge is 0.473 e. The van der Waals surface area contributed by atoms with Crippen LogP contribution in [0.3, 0.4) is 0 Å². The van der Waals surface area contributed by atoms with E-state index < -0.39 is 11.9 Å². The van der Waals surface area contributed by atoms with Gasteiger partial charge in [0.25, 0.3) is 0 Å². The van der Waals surface area contributed by atoms with Gasteiger partial charge in [-0.15, -0.1) is 0 Å². The quantitative estimate of drug-likeness (QED) is 0.491. The number of rotatable bonds is 7. The Bertz CT molecular complexity index is 1010. The summed E-state index contributed by atoms with van der Waals surface area (Å²) >= 11 is 0. The number of ether oxygens (including phenoxy) is 1. The van der Waals surface area contributed by atoms with Gasteiger partial charge in [-0.2, -0.15) is 0 Å². The highest BCUT2D eigenvalue weighted by Crippen LogP contribution is 2.35. The van der Waals surface area contributed by atoms with E-state index in [4.69, 9.17) is 24.5 Å². The van der Waals surface area contributed by atoms with Gasteiger partial charge in [0, 0.05) is 24.7 Å². The van der Waals surface area contributed by atoms with Crippen LogP contribution < -0.4 is 4.74 Å². The molecule has 7 nitrogen and oxygen atoms in total. The van der Waals surface area contributed by atoms with Crippen LogP contribution in [0.1, 0.15) is 24.5 Å². The Balaban J connectivity index is 0.000000454. The number of hydrogen-bond donors (Lipinski definition) is 2. The molecule has 2 aliphatic heterocycles. The zero-order valence-electron chi connectivity index (χ0n) is 18.9. The number of carbonyl (C=O) groups is 2. The van der Waals surface area contributed by atoms with Crippen LogP contribution in [0.5, 0.6) is 5.75 Å². The zero-order valence-corrected chi connectivity index (χ0v) is 18.9. The summed E-state index contributed by atoms with van der Waals surface area (Å²) in [6, 6.07) is 19.3. The molecule has 0 radical (unpaired) electrons. The maximum atomic E-state index is 9.10. The van der Waals surface area contributed by atoms with E-state index in [1.165, 1.54) is 23.2 Å². The Labute approximate surface area is 194 Å². The number of nitrogens with zero attached hydrogens (tertiary/aromatic N) is 2. The third-order valence-electron chi connectivity index (χ3n) is 5.80. The van der Waals surface area contributed by atoms with Gasteiger partial charge in [0.15, 0.2) is 12.0 Å². The van der Waals surface area contributed by atoms with Crippen molar-refractivity contribution in [1.29, 1.82) is 0 Å². The van der Waals surface area contributed by atoms with Gasteiger partial charge < -0.3 is 14.9 Å². The van der Waals surface area contributed by atoms with E-state index in [0.717, 1.165) is 49.5 Å². The minimum absolute atomic E-state index is 0.936. The van der Waals surface area contributed by atoms with Gasteiger partial charge in [0.05, 0.1) is 0 Å². The number of carboxylic acids is 2. The summed E-state index contributed by atoms with van der Waals surface area (Å²) < 4.78 is 6.95. The Morgan fingerprint density at radius 2 is 1.70 bits per heavy atom. The summed E-state index contributed by atoms with van der Waals surface area (Å²) in [7, 11) is 0. The Hall–Kier alpha value is -3.42. The highest BCUT2D eigenvalue weighted by molar-refractivity contribution is 6.27. The zero-order chi connectivity index (χ0) is 23.7. The van der Waals surface area contributed by atoms with E-state index >= 15 is 0 Å². The molecule has 4 rings (SSSR count). The molecule has 7 heteroatoms. The van der Waals surface area contributed by atoms with E-state index in [2.05, 4.69) is 78.6 Å². The molecule has 1 atom stereocenters. The molecule has 174 valence electrons. The first-order valence-electron chi connectivity index (χ1n) is 11.1. The summed E-state index contributed by atoms with van der Waals surface area (Å²) in [5.74, 6) is -2.65. The molecular weight excluding hydrogens is 420 g/mol. The van der Waals surface area contributed by atoms with Crippen molar-refractivity contribution in [1.82, 2.24) is 4.90 Å². The lowest BCUT2D eigenvalue weighted by Gasteiger charge is -2.38. The van der Waals surface area contributed by atoms with Gasteiger partial charge in [0.2, 0.25) is 0 Å². The number of benzene rings is 2. The van der Waals surface area contributed by atoms with Crippen molar-refractivity contribution in [2.75, 3.05) is 26.3 Å². The lowest BCUT2D eigenvalue weighted by Crippen LogP contribution is -2.51. The normalized spacial score (nSPS) is 18.2. The van der Waals surface area contributed by atoms with Crippen molar-refractivity contribution in [2.24, 2.45) is 0 Å². The van der Waals surface area contributed by atoms with Crippen LogP contribution in [0.4, 0.5) is 0 Å². The number of para-hydroxylation sites is 1. The first kappa shape index (κ1) is 24.2. The molecule has 0 bridgehead atoms. The predicted octanol–water partition coefficient (Wildman–Crippen LogP) is 3.87. The third kappa shape index (κ3) is 6.54. The molecule has 0 amide bonds. The Morgan fingerprint density at radius 3 is 2.39 bits per heavy atom. The fraction of sp³-hybridized carbons (Fsp3) is 0.308. The summed E-state index contributed by atoms with van der Waals surface area (Å²) in [6.45, 7) is 7.54. The molecular formula is C26H31N2O5+. The molecule has 0 fully saturated rings. The second-order valence-electron chi connectivity index (χ2n) is 8.26. The lowest BCUT2D eigenvalue weighted by atomic mass is 10.1. The summed E-state index contributed by atoms with van der Waals surface area (Å²) in [5, 5.41) is 14.8. The van der Waals surface area contributed by atoms with Gasteiger partial charge in [0.1, 0.15) is 25.5 Å². The van der Waals surface area contributed by atoms with Crippen molar-refractivity contribution in [3.63, 3.8) is 0 Å². The molecule has 33 heavy (non-hydrogen) atoms. The number of quaternary nitrogens is 1. The van der Waals surface area contributed by atoms with Gasteiger partial charge >= 0.3 is 11.9 Å². The van der Waals surface area contributed by atoms with Crippen molar-refractivity contribution in [3.05, 3.63) is 89.8 Å². The van der Waals surface area contributed by atoms with Gasteiger partial charge in [-0.1, -0.05) is 49.4 Å². The molecule has 2 aromatic carbocycles. The minimum atomic E-state index is -1.82. The van der Waals surface area contributed by atoms with E-state index in [9.17, 15) is 0 Å². The molecule has 2 aromatic rings. The number of allylic oxidation sites excluding steroid dienone is 1. The van der Waals surface area contributed by atoms with Crippen LogP contribution in [0.2, 0.25) is 0 Å². The SMILES string of the molecule is CCCN(CCc1ccccc1)C[N+]12CC=CC1=COc1ccccc1C2.O=C(O)C(=O)O. The summed E-state index contributed by atoms with van der Waals surface area (Å²) in [6.07, 6.45) is 8.78. The molecule has 0 saturated carbocycles. The fourth-order valence-corrected chi connectivity index (χ4v) is 4.22. The Morgan fingerprint density at radius 1 is 1.00 bits per heavy atom. The van der Waals surface area contributed by atoms with E-state index in [1.54, 1.807) is 0 Å². The van der Waals surface area contributed by atoms with Crippen LogP contribution in [0.15, 0.2) is 78.7 Å². The molecule has 2 aliphatic rings.